The van der Waals surface area contributed by atoms with Gasteiger partial charge < -0.3 is 24.1 Å². The van der Waals surface area contributed by atoms with Gasteiger partial charge in [0.2, 0.25) is 5.75 Å². The molecule has 0 spiro atoms. The molecule has 0 saturated carbocycles. The quantitative estimate of drug-likeness (QED) is 0.613. The highest BCUT2D eigenvalue weighted by molar-refractivity contribution is 6.09. The standard InChI is InChI=1S/C19H20O6/c1-22-15-7-5-6-12(18(15)24-3)8-10-14(20)13-9-11-16(23-2)19(25-4)17(13)21/h5-11,21H,1-4H3/b10-8+. The van der Waals surface area contributed by atoms with Crippen molar-refractivity contribution in [3.63, 3.8) is 0 Å². The Morgan fingerprint density at radius 1 is 0.880 bits per heavy atom. The van der Waals surface area contributed by atoms with E-state index in [9.17, 15) is 9.90 Å². The topological polar surface area (TPSA) is 74.2 Å². The molecule has 0 unspecified atom stereocenters. The number of benzene rings is 2. The summed E-state index contributed by atoms with van der Waals surface area (Å²) in [5, 5.41) is 10.2. The number of ketones is 1. The van der Waals surface area contributed by atoms with Gasteiger partial charge in [0.1, 0.15) is 0 Å². The Bertz CT molecular complexity index is 795. The lowest BCUT2D eigenvalue weighted by molar-refractivity contribution is 0.104. The average molecular weight is 344 g/mol. The van der Waals surface area contributed by atoms with Crippen LogP contribution in [0.1, 0.15) is 15.9 Å². The van der Waals surface area contributed by atoms with Gasteiger partial charge in [-0.05, 0) is 30.4 Å². The van der Waals surface area contributed by atoms with Gasteiger partial charge in [-0.15, -0.1) is 0 Å². The molecule has 0 aliphatic heterocycles. The minimum absolute atomic E-state index is 0.107. The van der Waals surface area contributed by atoms with Crippen LogP contribution in [0.5, 0.6) is 28.7 Å². The van der Waals surface area contributed by atoms with Crippen molar-refractivity contribution in [1.82, 2.24) is 0 Å². The molecule has 0 radical (unpaired) electrons. The third-order valence-corrected chi connectivity index (χ3v) is 3.63. The predicted molar refractivity (Wildman–Crippen MR) is 94.1 cm³/mol. The zero-order valence-corrected chi connectivity index (χ0v) is 14.5. The van der Waals surface area contributed by atoms with Gasteiger partial charge in [-0.3, -0.25) is 4.79 Å². The Balaban J connectivity index is 2.36. The van der Waals surface area contributed by atoms with Crippen LogP contribution in [0.15, 0.2) is 36.4 Å². The normalized spacial score (nSPS) is 10.6. The highest BCUT2D eigenvalue weighted by atomic mass is 16.5. The fraction of sp³-hybridized carbons (Fsp3) is 0.211. The van der Waals surface area contributed by atoms with Crippen molar-refractivity contribution < 1.29 is 28.8 Å². The molecule has 2 aromatic rings. The Labute approximate surface area is 146 Å². The van der Waals surface area contributed by atoms with Gasteiger partial charge in [-0.1, -0.05) is 12.1 Å². The summed E-state index contributed by atoms with van der Waals surface area (Å²) < 4.78 is 20.7. The molecular weight excluding hydrogens is 324 g/mol. The van der Waals surface area contributed by atoms with Gasteiger partial charge in [-0.25, -0.2) is 0 Å². The number of ether oxygens (including phenoxy) is 4. The summed E-state index contributed by atoms with van der Waals surface area (Å²) in [5.41, 5.74) is 0.783. The second-order valence-corrected chi connectivity index (χ2v) is 4.98. The van der Waals surface area contributed by atoms with E-state index in [1.54, 1.807) is 30.3 Å². The molecule has 0 aromatic heterocycles. The lowest BCUT2D eigenvalue weighted by atomic mass is 10.1. The first-order valence-corrected chi connectivity index (χ1v) is 7.44. The van der Waals surface area contributed by atoms with Crippen LogP contribution in [0.4, 0.5) is 0 Å². The Morgan fingerprint density at radius 3 is 2.12 bits per heavy atom. The second kappa shape index (κ2) is 8.10. The van der Waals surface area contributed by atoms with Crippen molar-refractivity contribution in [2.24, 2.45) is 0 Å². The highest BCUT2D eigenvalue weighted by Crippen LogP contribution is 2.39. The number of phenols is 1. The van der Waals surface area contributed by atoms with Crippen LogP contribution >= 0.6 is 0 Å². The van der Waals surface area contributed by atoms with E-state index in [1.807, 2.05) is 0 Å². The number of rotatable bonds is 7. The lowest BCUT2D eigenvalue weighted by Gasteiger charge is -2.11. The fourth-order valence-corrected chi connectivity index (χ4v) is 2.41. The van der Waals surface area contributed by atoms with Gasteiger partial charge in [0.05, 0.1) is 34.0 Å². The summed E-state index contributed by atoms with van der Waals surface area (Å²) in [6.45, 7) is 0. The number of carbonyl (C=O) groups excluding carboxylic acids is 1. The van der Waals surface area contributed by atoms with E-state index in [0.29, 0.717) is 22.8 Å². The lowest BCUT2D eigenvalue weighted by Crippen LogP contribution is -1.99. The largest absolute Gasteiger partial charge is 0.504 e. The molecule has 1 N–H and O–H groups in total. The monoisotopic (exact) mass is 344 g/mol. The van der Waals surface area contributed by atoms with Crippen LogP contribution in [0.2, 0.25) is 0 Å². The maximum absolute atomic E-state index is 12.4. The Morgan fingerprint density at radius 2 is 1.52 bits per heavy atom. The van der Waals surface area contributed by atoms with Crippen molar-refractivity contribution in [2.45, 2.75) is 0 Å². The molecule has 2 aromatic carbocycles. The molecule has 0 saturated heterocycles. The molecule has 0 amide bonds. The summed E-state index contributed by atoms with van der Waals surface area (Å²) >= 11 is 0. The van der Waals surface area contributed by atoms with E-state index in [-0.39, 0.29) is 22.8 Å². The third kappa shape index (κ3) is 3.68. The number of methoxy groups -OCH3 is 4. The summed E-state index contributed by atoms with van der Waals surface area (Å²) in [5.74, 6) is 0.879. The molecule has 0 aliphatic carbocycles. The number of para-hydroxylation sites is 1. The smallest absolute Gasteiger partial charge is 0.203 e. The first-order chi connectivity index (χ1) is 12.1. The number of phenolic OH excluding ortho intramolecular Hbond substituents is 1. The first-order valence-electron chi connectivity index (χ1n) is 7.44. The van der Waals surface area contributed by atoms with Gasteiger partial charge in [-0.2, -0.15) is 0 Å². The number of carbonyl (C=O) groups is 1. The van der Waals surface area contributed by atoms with Crippen molar-refractivity contribution in [1.29, 1.82) is 0 Å². The molecular formula is C19H20O6. The number of allylic oxidation sites excluding steroid dienone is 1. The van der Waals surface area contributed by atoms with Gasteiger partial charge in [0.15, 0.2) is 28.8 Å². The fourth-order valence-electron chi connectivity index (χ4n) is 2.41. The summed E-state index contributed by atoms with van der Waals surface area (Å²) in [4.78, 5) is 12.4. The second-order valence-electron chi connectivity index (χ2n) is 4.98. The summed E-state index contributed by atoms with van der Waals surface area (Å²) in [7, 11) is 5.91. The first kappa shape index (κ1) is 18.2. The van der Waals surface area contributed by atoms with Crippen LogP contribution < -0.4 is 18.9 Å². The molecule has 0 bridgehead atoms. The van der Waals surface area contributed by atoms with Crippen LogP contribution in [0.25, 0.3) is 6.08 Å². The van der Waals surface area contributed by atoms with Crippen molar-refractivity contribution in [3.05, 3.63) is 47.5 Å². The minimum atomic E-state index is -0.386. The predicted octanol–water partition coefficient (Wildman–Crippen LogP) is 3.32. The van der Waals surface area contributed by atoms with Crippen molar-refractivity contribution in [2.75, 3.05) is 28.4 Å². The van der Waals surface area contributed by atoms with E-state index >= 15 is 0 Å². The maximum Gasteiger partial charge on any atom is 0.203 e. The summed E-state index contributed by atoms with van der Waals surface area (Å²) in [6.07, 6.45) is 2.94. The average Bonchev–Trinajstić information content (AvgIpc) is 2.64. The van der Waals surface area contributed by atoms with E-state index in [1.165, 1.54) is 40.6 Å². The zero-order valence-electron chi connectivity index (χ0n) is 14.5. The third-order valence-electron chi connectivity index (χ3n) is 3.63. The number of hydrogen-bond acceptors (Lipinski definition) is 6. The molecule has 0 atom stereocenters. The van der Waals surface area contributed by atoms with Gasteiger partial charge in [0, 0.05) is 5.56 Å². The van der Waals surface area contributed by atoms with Gasteiger partial charge >= 0.3 is 0 Å². The van der Waals surface area contributed by atoms with Crippen LogP contribution in [-0.4, -0.2) is 39.3 Å². The van der Waals surface area contributed by atoms with E-state index in [4.69, 9.17) is 18.9 Å². The SMILES string of the molecule is COc1cccc(/C=C/C(=O)c2ccc(OC)c(OC)c2O)c1OC. The highest BCUT2D eigenvalue weighted by Gasteiger charge is 2.17. The van der Waals surface area contributed by atoms with Crippen LogP contribution in [0.3, 0.4) is 0 Å². The molecule has 0 aliphatic rings. The molecule has 132 valence electrons. The maximum atomic E-state index is 12.4. The van der Waals surface area contributed by atoms with Gasteiger partial charge in [0.25, 0.3) is 0 Å². The zero-order chi connectivity index (χ0) is 18.4. The molecule has 0 fully saturated rings. The molecule has 2 rings (SSSR count). The Kier molecular flexibility index (Phi) is 5.89. The van der Waals surface area contributed by atoms with E-state index in [2.05, 4.69) is 0 Å². The number of hydrogen-bond donors (Lipinski definition) is 1. The van der Waals surface area contributed by atoms with Crippen molar-refractivity contribution >= 4 is 11.9 Å². The van der Waals surface area contributed by atoms with E-state index < -0.39 is 0 Å². The molecule has 6 heteroatoms. The van der Waals surface area contributed by atoms with Crippen molar-refractivity contribution in [3.8, 4) is 28.7 Å². The molecule has 25 heavy (non-hydrogen) atoms. The van der Waals surface area contributed by atoms with Crippen LogP contribution in [-0.2, 0) is 0 Å². The van der Waals surface area contributed by atoms with Crippen LogP contribution in [0, 0.1) is 0 Å². The Hall–Kier alpha value is -3.15. The van der Waals surface area contributed by atoms with E-state index in [0.717, 1.165) is 0 Å². The molecule has 0 heterocycles. The number of aromatic hydroxyl groups is 1. The molecule has 6 nitrogen and oxygen atoms in total. The minimum Gasteiger partial charge on any atom is -0.504 e. The summed E-state index contributed by atoms with van der Waals surface area (Å²) in [6, 6.07) is 8.38.